The van der Waals surface area contributed by atoms with E-state index < -0.39 is 0 Å². The molecule has 1 aromatic carbocycles. The Morgan fingerprint density at radius 1 is 1.07 bits per heavy atom. The molecular formula is C23H25N5O2. The largest absolute Gasteiger partial charge is 0.497 e. The summed E-state index contributed by atoms with van der Waals surface area (Å²) in [6.07, 6.45) is 1.64. The maximum absolute atomic E-state index is 13.1. The lowest BCUT2D eigenvalue weighted by molar-refractivity contribution is 0.102. The molecule has 0 saturated heterocycles. The van der Waals surface area contributed by atoms with E-state index in [9.17, 15) is 4.79 Å². The predicted octanol–water partition coefficient (Wildman–Crippen LogP) is 4.79. The average molecular weight is 403 g/mol. The van der Waals surface area contributed by atoms with Crippen LogP contribution >= 0.6 is 0 Å². The maximum atomic E-state index is 13.1. The predicted molar refractivity (Wildman–Crippen MR) is 119 cm³/mol. The highest BCUT2D eigenvalue weighted by Crippen LogP contribution is 2.26. The molecule has 0 fully saturated rings. The number of amides is 1. The van der Waals surface area contributed by atoms with Crippen LogP contribution in [0.3, 0.4) is 0 Å². The van der Waals surface area contributed by atoms with E-state index in [1.54, 1.807) is 26.3 Å². The third-order valence-corrected chi connectivity index (χ3v) is 4.62. The van der Waals surface area contributed by atoms with Crippen molar-refractivity contribution in [1.82, 2.24) is 9.97 Å². The van der Waals surface area contributed by atoms with E-state index in [-0.39, 0.29) is 11.6 Å². The molecule has 0 aliphatic heterocycles. The van der Waals surface area contributed by atoms with Crippen molar-refractivity contribution >= 4 is 28.8 Å². The number of carbonyl (C=O) groups excluding carboxylic acids is 1. The van der Waals surface area contributed by atoms with Crippen molar-refractivity contribution in [2.45, 2.75) is 27.7 Å². The molecule has 1 amide bonds. The van der Waals surface area contributed by atoms with Gasteiger partial charge in [0.1, 0.15) is 11.6 Å². The van der Waals surface area contributed by atoms with E-state index in [4.69, 9.17) is 10.1 Å². The summed E-state index contributed by atoms with van der Waals surface area (Å²) >= 11 is 0. The number of rotatable bonds is 6. The zero-order valence-corrected chi connectivity index (χ0v) is 17.8. The number of aryl methyl sites for hydroxylation is 3. The van der Waals surface area contributed by atoms with Crippen molar-refractivity contribution in [3.05, 3.63) is 70.7 Å². The van der Waals surface area contributed by atoms with Crippen LogP contribution in [-0.4, -0.2) is 28.7 Å². The molecule has 0 aliphatic rings. The molecule has 3 rings (SSSR count). The number of pyridine rings is 2. The summed E-state index contributed by atoms with van der Waals surface area (Å²) in [5.41, 5.74) is 4.96. The van der Waals surface area contributed by atoms with E-state index in [2.05, 4.69) is 20.6 Å². The first kappa shape index (κ1) is 21.0. The number of ether oxygens (including phenoxy) is 1. The molecular weight excluding hydrogens is 378 g/mol. The fourth-order valence-electron chi connectivity index (χ4n) is 3.15. The molecule has 0 atom stereocenters. The SMILES string of the molecule is COc1ccc(Nc2nc(C)cc(C(=O)Nc3cnc(C)cc3C)c2C(C)=N)cc1. The van der Waals surface area contributed by atoms with Crippen LogP contribution in [-0.2, 0) is 0 Å². The Morgan fingerprint density at radius 3 is 2.37 bits per heavy atom. The topological polar surface area (TPSA) is 100.0 Å². The molecule has 30 heavy (non-hydrogen) atoms. The molecule has 2 aromatic heterocycles. The molecule has 0 spiro atoms. The van der Waals surface area contributed by atoms with Gasteiger partial charge in [-0.3, -0.25) is 9.78 Å². The molecule has 0 bridgehead atoms. The lowest BCUT2D eigenvalue weighted by Gasteiger charge is -2.17. The van der Waals surface area contributed by atoms with Gasteiger partial charge < -0.3 is 20.8 Å². The molecule has 7 nitrogen and oxygen atoms in total. The number of methoxy groups -OCH3 is 1. The quantitative estimate of drug-likeness (QED) is 0.514. The fourth-order valence-corrected chi connectivity index (χ4v) is 3.15. The van der Waals surface area contributed by atoms with Gasteiger partial charge in [-0.1, -0.05) is 0 Å². The summed E-state index contributed by atoms with van der Waals surface area (Å²) in [5.74, 6) is 0.883. The summed E-state index contributed by atoms with van der Waals surface area (Å²) in [4.78, 5) is 21.9. The molecule has 0 saturated carbocycles. The number of carbonyl (C=O) groups is 1. The van der Waals surface area contributed by atoms with Gasteiger partial charge in [-0.2, -0.15) is 0 Å². The van der Waals surface area contributed by atoms with Crippen LogP contribution in [0.2, 0.25) is 0 Å². The Kier molecular flexibility index (Phi) is 6.11. The van der Waals surface area contributed by atoms with Gasteiger partial charge >= 0.3 is 0 Å². The molecule has 2 heterocycles. The Morgan fingerprint density at radius 2 is 1.77 bits per heavy atom. The van der Waals surface area contributed by atoms with E-state index in [1.807, 2.05) is 51.1 Å². The summed E-state index contributed by atoms with van der Waals surface area (Å²) in [6, 6.07) is 11.0. The Bertz CT molecular complexity index is 1110. The Labute approximate surface area is 176 Å². The smallest absolute Gasteiger partial charge is 0.256 e. The van der Waals surface area contributed by atoms with Gasteiger partial charge in [-0.05, 0) is 69.7 Å². The summed E-state index contributed by atoms with van der Waals surface area (Å²) in [6.45, 7) is 7.28. The zero-order chi connectivity index (χ0) is 21.8. The molecule has 0 unspecified atom stereocenters. The standard InChI is InChI=1S/C23H25N5O2/c1-13-10-14(2)25-12-20(13)28-23(29)19-11-15(3)26-22(21(19)16(4)24)27-17-6-8-18(30-5)9-7-17/h6-12,24H,1-5H3,(H,26,27)(H,28,29). The number of nitrogens with zero attached hydrogens (tertiary/aromatic N) is 2. The summed E-state index contributed by atoms with van der Waals surface area (Å²) in [5, 5.41) is 14.4. The first-order valence-electron chi connectivity index (χ1n) is 9.51. The summed E-state index contributed by atoms with van der Waals surface area (Å²) in [7, 11) is 1.61. The number of anilines is 3. The second-order valence-corrected chi connectivity index (χ2v) is 7.11. The van der Waals surface area contributed by atoms with Crippen LogP contribution < -0.4 is 15.4 Å². The van der Waals surface area contributed by atoms with Gasteiger partial charge in [0.15, 0.2) is 0 Å². The third kappa shape index (κ3) is 4.63. The molecule has 7 heteroatoms. The van der Waals surface area contributed by atoms with Gasteiger partial charge in [0.05, 0.1) is 30.1 Å². The number of hydrogen-bond acceptors (Lipinski definition) is 6. The lowest BCUT2D eigenvalue weighted by atomic mass is 10.0. The van der Waals surface area contributed by atoms with Gasteiger partial charge in [0, 0.05) is 22.8 Å². The molecule has 3 N–H and O–H groups in total. The number of benzene rings is 1. The average Bonchev–Trinajstić information content (AvgIpc) is 2.70. The third-order valence-electron chi connectivity index (χ3n) is 4.62. The van der Waals surface area contributed by atoms with Crippen LogP contribution in [0.25, 0.3) is 0 Å². The van der Waals surface area contributed by atoms with Crippen molar-refractivity contribution in [3.63, 3.8) is 0 Å². The monoisotopic (exact) mass is 403 g/mol. The van der Waals surface area contributed by atoms with Crippen molar-refractivity contribution in [3.8, 4) is 5.75 Å². The van der Waals surface area contributed by atoms with Crippen molar-refractivity contribution in [1.29, 1.82) is 5.41 Å². The van der Waals surface area contributed by atoms with Crippen LogP contribution in [0.5, 0.6) is 5.75 Å². The maximum Gasteiger partial charge on any atom is 0.256 e. The minimum Gasteiger partial charge on any atom is -0.497 e. The zero-order valence-electron chi connectivity index (χ0n) is 17.8. The van der Waals surface area contributed by atoms with E-state index in [0.717, 1.165) is 22.7 Å². The highest BCUT2D eigenvalue weighted by molar-refractivity contribution is 6.15. The molecule has 154 valence electrons. The second kappa shape index (κ2) is 8.73. The molecule has 0 radical (unpaired) electrons. The van der Waals surface area contributed by atoms with Crippen LogP contribution in [0, 0.1) is 26.2 Å². The van der Waals surface area contributed by atoms with Crippen LogP contribution in [0.1, 0.15) is 39.8 Å². The van der Waals surface area contributed by atoms with Crippen LogP contribution in [0.15, 0.2) is 42.6 Å². The van der Waals surface area contributed by atoms with Crippen molar-refractivity contribution < 1.29 is 9.53 Å². The van der Waals surface area contributed by atoms with Gasteiger partial charge in [-0.25, -0.2) is 4.98 Å². The summed E-state index contributed by atoms with van der Waals surface area (Å²) < 4.78 is 5.19. The Hall–Kier alpha value is -3.74. The normalized spacial score (nSPS) is 10.4. The van der Waals surface area contributed by atoms with Gasteiger partial charge in [-0.15, -0.1) is 0 Å². The lowest BCUT2D eigenvalue weighted by Crippen LogP contribution is -2.19. The van der Waals surface area contributed by atoms with Gasteiger partial charge in [0.25, 0.3) is 5.91 Å². The first-order valence-corrected chi connectivity index (χ1v) is 9.51. The van der Waals surface area contributed by atoms with Crippen molar-refractivity contribution in [2.24, 2.45) is 0 Å². The minimum atomic E-state index is -0.311. The van der Waals surface area contributed by atoms with E-state index in [0.29, 0.717) is 28.3 Å². The molecule has 0 aliphatic carbocycles. The van der Waals surface area contributed by atoms with E-state index >= 15 is 0 Å². The molecule has 3 aromatic rings. The van der Waals surface area contributed by atoms with Gasteiger partial charge in [0.2, 0.25) is 0 Å². The van der Waals surface area contributed by atoms with Crippen LogP contribution in [0.4, 0.5) is 17.2 Å². The highest BCUT2D eigenvalue weighted by Gasteiger charge is 2.20. The highest BCUT2D eigenvalue weighted by atomic mass is 16.5. The minimum absolute atomic E-state index is 0.238. The van der Waals surface area contributed by atoms with E-state index in [1.165, 1.54) is 0 Å². The number of hydrogen-bond donors (Lipinski definition) is 3. The Balaban J connectivity index is 1.99. The second-order valence-electron chi connectivity index (χ2n) is 7.11. The van der Waals surface area contributed by atoms with Crippen molar-refractivity contribution in [2.75, 3.05) is 17.7 Å². The fraction of sp³-hybridized carbons (Fsp3) is 0.217. The number of aromatic nitrogens is 2. The number of nitrogens with one attached hydrogen (secondary N) is 3. The first-order chi connectivity index (χ1) is 14.3.